The summed E-state index contributed by atoms with van der Waals surface area (Å²) in [5, 5.41) is 0. The molecule has 0 atom stereocenters. The van der Waals surface area contributed by atoms with Crippen molar-refractivity contribution in [1.82, 2.24) is 0 Å². The molecule has 0 fully saturated rings. The summed E-state index contributed by atoms with van der Waals surface area (Å²) in [6, 6.07) is 9.37. The Labute approximate surface area is 141 Å². The molecule has 6 heteroatoms. The Morgan fingerprint density at radius 1 is 1.13 bits per heavy atom. The van der Waals surface area contributed by atoms with Crippen LogP contribution in [0, 0.1) is 5.82 Å². The van der Waals surface area contributed by atoms with Crippen LogP contribution in [-0.4, -0.2) is 19.2 Å². The molecule has 0 spiro atoms. The highest BCUT2D eigenvalue weighted by Gasteiger charge is 2.16. The van der Waals surface area contributed by atoms with Crippen LogP contribution in [0.15, 0.2) is 40.9 Å². The van der Waals surface area contributed by atoms with Crippen LogP contribution in [0.4, 0.5) is 4.39 Å². The molecule has 2 aromatic carbocycles. The summed E-state index contributed by atoms with van der Waals surface area (Å²) in [7, 11) is 0. The standard InChI is InChI=1S/C17H14BrFO4/c18-14-9-16-15(21-5-6-22-16)8-12(14)10-23-17(20)7-11-1-3-13(19)4-2-11/h1-4,8-9H,5-7,10H2. The number of halogens is 2. The van der Waals surface area contributed by atoms with Crippen molar-refractivity contribution in [2.75, 3.05) is 13.2 Å². The lowest BCUT2D eigenvalue weighted by atomic mass is 10.1. The second kappa shape index (κ2) is 7.00. The van der Waals surface area contributed by atoms with Crippen LogP contribution >= 0.6 is 15.9 Å². The van der Waals surface area contributed by atoms with Crippen LogP contribution < -0.4 is 9.47 Å². The third-order valence-corrected chi connectivity index (χ3v) is 4.10. The predicted octanol–water partition coefficient (Wildman–Crippen LogP) is 3.65. The number of carbonyl (C=O) groups is 1. The van der Waals surface area contributed by atoms with Crippen LogP contribution in [0.3, 0.4) is 0 Å². The maximum atomic E-state index is 12.8. The van der Waals surface area contributed by atoms with E-state index in [-0.39, 0.29) is 24.8 Å². The minimum Gasteiger partial charge on any atom is -0.486 e. The van der Waals surface area contributed by atoms with Gasteiger partial charge < -0.3 is 14.2 Å². The Morgan fingerprint density at radius 3 is 2.48 bits per heavy atom. The van der Waals surface area contributed by atoms with Gasteiger partial charge in [-0.15, -0.1) is 0 Å². The molecule has 0 bridgehead atoms. The molecule has 1 heterocycles. The van der Waals surface area contributed by atoms with E-state index in [4.69, 9.17) is 14.2 Å². The first-order valence-electron chi connectivity index (χ1n) is 7.10. The Morgan fingerprint density at radius 2 is 1.78 bits per heavy atom. The molecule has 0 aliphatic carbocycles. The van der Waals surface area contributed by atoms with Gasteiger partial charge in [0.2, 0.25) is 0 Å². The van der Waals surface area contributed by atoms with E-state index in [9.17, 15) is 9.18 Å². The van der Waals surface area contributed by atoms with Crippen molar-refractivity contribution in [1.29, 1.82) is 0 Å². The van der Waals surface area contributed by atoms with E-state index < -0.39 is 0 Å². The zero-order valence-electron chi connectivity index (χ0n) is 12.2. The molecule has 120 valence electrons. The van der Waals surface area contributed by atoms with Crippen molar-refractivity contribution in [3.63, 3.8) is 0 Å². The van der Waals surface area contributed by atoms with Gasteiger partial charge in [0.15, 0.2) is 11.5 Å². The van der Waals surface area contributed by atoms with Crippen molar-refractivity contribution in [3.05, 3.63) is 57.8 Å². The number of esters is 1. The molecule has 0 radical (unpaired) electrons. The second-order valence-electron chi connectivity index (χ2n) is 5.05. The van der Waals surface area contributed by atoms with E-state index >= 15 is 0 Å². The number of rotatable bonds is 4. The summed E-state index contributed by atoms with van der Waals surface area (Å²) in [6.07, 6.45) is 0.0997. The summed E-state index contributed by atoms with van der Waals surface area (Å²) < 4.78 is 29.9. The van der Waals surface area contributed by atoms with Gasteiger partial charge in [-0.25, -0.2) is 4.39 Å². The van der Waals surface area contributed by atoms with Crippen LogP contribution in [0.25, 0.3) is 0 Å². The highest BCUT2D eigenvalue weighted by Crippen LogP contribution is 2.35. The van der Waals surface area contributed by atoms with Crippen molar-refractivity contribution in [2.45, 2.75) is 13.0 Å². The Bertz CT molecular complexity index is 715. The van der Waals surface area contributed by atoms with Gasteiger partial charge in [-0.3, -0.25) is 4.79 Å². The Kier molecular flexibility index (Phi) is 4.81. The van der Waals surface area contributed by atoms with Gasteiger partial charge in [-0.05, 0) is 29.8 Å². The van der Waals surface area contributed by atoms with Crippen LogP contribution in [0.5, 0.6) is 11.5 Å². The smallest absolute Gasteiger partial charge is 0.310 e. The fourth-order valence-corrected chi connectivity index (χ4v) is 2.63. The molecule has 0 N–H and O–H groups in total. The summed E-state index contributed by atoms with van der Waals surface area (Å²) in [5.74, 6) is 0.606. The lowest BCUT2D eigenvalue weighted by Crippen LogP contribution is -2.16. The maximum Gasteiger partial charge on any atom is 0.310 e. The summed E-state index contributed by atoms with van der Waals surface area (Å²) >= 11 is 3.43. The van der Waals surface area contributed by atoms with Crippen molar-refractivity contribution < 1.29 is 23.4 Å². The van der Waals surface area contributed by atoms with Crippen LogP contribution in [0.2, 0.25) is 0 Å². The molecule has 1 aliphatic rings. The van der Waals surface area contributed by atoms with Gasteiger partial charge >= 0.3 is 5.97 Å². The number of fused-ring (bicyclic) bond motifs is 1. The zero-order chi connectivity index (χ0) is 16.2. The van der Waals surface area contributed by atoms with Crippen LogP contribution in [-0.2, 0) is 22.6 Å². The second-order valence-corrected chi connectivity index (χ2v) is 5.91. The fourth-order valence-electron chi connectivity index (χ4n) is 2.19. The number of ether oxygens (including phenoxy) is 3. The third-order valence-electron chi connectivity index (χ3n) is 3.36. The van der Waals surface area contributed by atoms with Gasteiger partial charge in [-0.2, -0.15) is 0 Å². The predicted molar refractivity (Wildman–Crippen MR) is 85.0 cm³/mol. The van der Waals surface area contributed by atoms with E-state index in [1.807, 2.05) is 0 Å². The fraction of sp³-hybridized carbons (Fsp3) is 0.235. The van der Waals surface area contributed by atoms with E-state index in [0.717, 1.165) is 10.0 Å². The van der Waals surface area contributed by atoms with E-state index in [1.54, 1.807) is 24.3 Å². The van der Waals surface area contributed by atoms with Gasteiger partial charge in [-0.1, -0.05) is 28.1 Å². The number of carbonyl (C=O) groups excluding carboxylic acids is 1. The highest BCUT2D eigenvalue weighted by atomic mass is 79.9. The average Bonchev–Trinajstić information content (AvgIpc) is 2.55. The van der Waals surface area contributed by atoms with Crippen molar-refractivity contribution >= 4 is 21.9 Å². The minimum atomic E-state index is -0.376. The topological polar surface area (TPSA) is 44.8 Å². The van der Waals surface area contributed by atoms with Crippen LogP contribution in [0.1, 0.15) is 11.1 Å². The average molecular weight is 381 g/mol. The molecular formula is C17H14BrFO4. The summed E-state index contributed by atoms with van der Waals surface area (Å²) in [5.41, 5.74) is 1.50. The SMILES string of the molecule is O=C(Cc1ccc(F)cc1)OCc1cc2c(cc1Br)OCCO2. The normalized spacial score (nSPS) is 12.8. The molecule has 3 rings (SSSR count). The summed E-state index contributed by atoms with van der Waals surface area (Å²) in [4.78, 5) is 11.9. The highest BCUT2D eigenvalue weighted by molar-refractivity contribution is 9.10. The van der Waals surface area contributed by atoms with Gasteiger partial charge in [0.25, 0.3) is 0 Å². The molecular weight excluding hydrogens is 367 g/mol. The number of hydrogen-bond acceptors (Lipinski definition) is 4. The third kappa shape index (κ3) is 4.01. The number of hydrogen-bond donors (Lipinski definition) is 0. The zero-order valence-corrected chi connectivity index (χ0v) is 13.8. The maximum absolute atomic E-state index is 12.8. The van der Waals surface area contributed by atoms with Crippen molar-refractivity contribution in [3.8, 4) is 11.5 Å². The Balaban J connectivity index is 1.61. The van der Waals surface area contributed by atoms with Gasteiger partial charge in [0.1, 0.15) is 25.6 Å². The van der Waals surface area contributed by atoms with E-state index in [0.29, 0.717) is 30.3 Å². The lowest BCUT2D eigenvalue weighted by Gasteiger charge is -2.19. The quantitative estimate of drug-likeness (QED) is 0.759. The largest absolute Gasteiger partial charge is 0.486 e. The molecule has 0 saturated carbocycles. The van der Waals surface area contributed by atoms with Gasteiger partial charge in [0.05, 0.1) is 6.42 Å². The minimum absolute atomic E-state index is 0.0997. The molecule has 1 aliphatic heterocycles. The molecule has 4 nitrogen and oxygen atoms in total. The first-order valence-corrected chi connectivity index (χ1v) is 7.89. The van der Waals surface area contributed by atoms with E-state index in [1.165, 1.54) is 12.1 Å². The molecule has 0 unspecified atom stereocenters. The van der Waals surface area contributed by atoms with Crippen molar-refractivity contribution in [2.24, 2.45) is 0 Å². The van der Waals surface area contributed by atoms with Gasteiger partial charge in [0, 0.05) is 10.0 Å². The Hall–Kier alpha value is -2.08. The van der Waals surface area contributed by atoms with E-state index in [2.05, 4.69) is 15.9 Å². The first kappa shape index (κ1) is 15.8. The molecule has 23 heavy (non-hydrogen) atoms. The molecule has 0 saturated heterocycles. The lowest BCUT2D eigenvalue weighted by molar-refractivity contribution is -0.144. The monoisotopic (exact) mass is 380 g/mol. The number of benzene rings is 2. The molecule has 2 aromatic rings. The molecule has 0 amide bonds. The summed E-state index contributed by atoms with van der Waals surface area (Å²) in [6.45, 7) is 1.14. The molecule has 0 aromatic heterocycles. The first-order chi connectivity index (χ1) is 11.1.